The van der Waals surface area contributed by atoms with Gasteiger partial charge in [-0.3, -0.25) is 0 Å². The highest BCUT2D eigenvalue weighted by atomic mass is 32.1. The molecule has 1 nitrogen and oxygen atoms in total. The molecular weight excluding hydrogens is 178 g/mol. The molecule has 0 aliphatic rings. The largest absolute Gasteiger partial charge is 0.323 e. The molecular formula is C11H19NS. The van der Waals surface area contributed by atoms with Crippen molar-refractivity contribution in [1.29, 1.82) is 0 Å². The summed E-state index contributed by atoms with van der Waals surface area (Å²) in [6, 6.07) is 2.40. The second kappa shape index (κ2) is 4.77. The molecule has 1 aromatic rings. The summed E-state index contributed by atoms with van der Waals surface area (Å²) in [6.07, 6.45) is 2.33. The maximum atomic E-state index is 6.10. The van der Waals surface area contributed by atoms with Gasteiger partial charge in [0.15, 0.2) is 0 Å². The minimum Gasteiger partial charge on any atom is -0.323 e. The summed E-state index contributed by atoms with van der Waals surface area (Å²) in [5, 5.41) is 2.12. The van der Waals surface area contributed by atoms with Crippen molar-refractivity contribution in [1.82, 2.24) is 0 Å². The van der Waals surface area contributed by atoms with Crippen LogP contribution >= 0.6 is 11.3 Å². The number of nitrogens with two attached hydrogens (primary N) is 1. The van der Waals surface area contributed by atoms with Gasteiger partial charge in [-0.1, -0.05) is 13.8 Å². The molecule has 0 saturated carbocycles. The third-order valence-electron chi connectivity index (χ3n) is 2.29. The maximum absolute atomic E-state index is 6.10. The van der Waals surface area contributed by atoms with Crippen molar-refractivity contribution in [2.24, 2.45) is 11.7 Å². The van der Waals surface area contributed by atoms with Gasteiger partial charge in [-0.25, -0.2) is 0 Å². The molecule has 2 heteroatoms. The lowest BCUT2D eigenvalue weighted by Gasteiger charge is -2.12. The van der Waals surface area contributed by atoms with Crippen molar-refractivity contribution in [3.8, 4) is 0 Å². The lowest BCUT2D eigenvalue weighted by molar-refractivity contribution is 0.510. The second-order valence-electron chi connectivity index (χ2n) is 4.05. The van der Waals surface area contributed by atoms with Crippen LogP contribution in [0.3, 0.4) is 0 Å². The monoisotopic (exact) mass is 197 g/mol. The summed E-state index contributed by atoms with van der Waals surface area (Å²) < 4.78 is 0. The lowest BCUT2D eigenvalue weighted by atomic mass is 10.0. The number of rotatable bonds is 4. The molecule has 0 spiro atoms. The molecule has 0 aliphatic carbocycles. The molecule has 0 fully saturated rings. The summed E-state index contributed by atoms with van der Waals surface area (Å²) in [5.41, 5.74) is 7.45. The van der Waals surface area contributed by atoms with Crippen molar-refractivity contribution in [3.05, 3.63) is 21.9 Å². The van der Waals surface area contributed by atoms with Gasteiger partial charge >= 0.3 is 0 Å². The molecule has 0 saturated heterocycles. The van der Waals surface area contributed by atoms with Crippen LogP contribution in [0.25, 0.3) is 0 Å². The lowest BCUT2D eigenvalue weighted by Crippen LogP contribution is -2.10. The van der Waals surface area contributed by atoms with Crippen LogP contribution in [0.1, 0.15) is 43.2 Å². The molecule has 1 aromatic heterocycles. The van der Waals surface area contributed by atoms with Crippen LogP contribution in [0.4, 0.5) is 0 Å². The van der Waals surface area contributed by atoms with E-state index in [2.05, 4.69) is 32.2 Å². The van der Waals surface area contributed by atoms with Crippen molar-refractivity contribution in [3.63, 3.8) is 0 Å². The Labute approximate surface area is 85.0 Å². The topological polar surface area (TPSA) is 26.0 Å². The Morgan fingerprint density at radius 3 is 2.54 bits per heavy atom. The fourth-order valence-corrected chi connectivity index (χ4v) is 2.37. The first-order valence-electron chi connectivity index (χ1n) is 4.91. The van der Waals surface area contributed by atoms with Crippen LogP contribution in [0.15, 0.2) is 11.4 Å². The van der Waals surface area contributed by atoms with Crippen LogP contribution in [0.5, 0.6) is 0 Å². The van der Waals surface area contributed by atoms with E-state index in [1.165, 1.54) is 16.9 Å². The molecule has 1 atom stereocenters. The van der Waals surface area contributed by atoms with Gasteiger partial charge in [0.2, 0.25) is 0 Å². The Kier molecular flexibility index (Phi) is 3.94. The molecule has 13 heavy (non-hydrogen) atoms. The predicted molar refractivity (Wildman–Crippen MR) is 60.1 cm³/mol. The number of thiophene rings is 1. The molecule has 2 N–H and O–H groups in total. The van der Waals surface area contributed by atoms with E-state index in [-0.39, 0.29) is 6.04 Å². The van der Waals surface area contributed by atoms with Gasteiger partial charge in [-0.2, -0.15) is 0 Å². The summed E-state index contributed by atoms with van der Waals surface area (Å²) >= 11 is 1.78. The zero-order valence-electron chi connectivity index (χ0n) is 8.71. The van der Waals surface area contributed by atoms with Crippen molar-refractivity contribution in [2.45, 2.75) is 39.7 Å². The molecule has 1 rings (SSSR count). The molecule has 0 bridgehead atoms. The molecule has 0 amide bonds. The fraction of sp³-hybridized carbons (Fsp3) is 0.636. The van der Waals surface area contributed by atoms with Gasteiger partial charge in [0.05, 0.1) is 0 Å². The van der Waals surface area contributed by atoms with E-state index >= 15 is 0 Å². The Bertz CT molecular complexity index is 252. The Balaban J connectivity index is 2.49. The summed E-state index contributed by atoms with van der Waals surface area (Å²) in [4.78, 5) is 1.36. The predicted octanol–water partition coefficient (Wildman–Crippen LogP) is 3.49. The highest BCUT2D eigenvalue weighted by Gasteiger charge is 2.10. The first-order chi connectivity index (χ1) is 6.11. The van der Waals surface area contributed by atoms with E-state index in [0.29, 0.717) is 0 Å². The molecule has 0 aliphatic heterocycles. The fourth-order valence-electron chi connectivity index (χ4n) is 1.41. The first-order valence-corrected chi connectivity index (χ1v) is 5.78. The SMILES string of the molecule is Cc1ccsc1C(N)CCC(C)C. The Hall–Kier alpha value is -0.340. The molecule has 74 valence electrons. The third-order valence-corrected chi connectivity index (χ3v) is 3.44. The van der Waals surface area contributed by atoms with Crippen LogP contribution in [-0.4, -0.2) is 0 Å². The average molecular weight is 197 g/mol. The van der Waals surface area contributed by atoms with E-state index in [1.807, 2.05) is 0 Å². The van der Waals surface area contributed by atoms with Crippen LogP contribution in [0.2, 0.25) is 0 Å². The van der Waals surface area contributed by atoms with E-state index < -0.39 is 0 Å². The minimum absolute atomic E-state index is 0.252. The summed E-state index contributed by atoms with van der Waals surface area (Å²) in [5.74, 6) is 0.756. The van der Waals surface area contributed by atoms with Gasteiger partial charge in [0, 0.05) is 10.9 Å². The normalized spacial score (nSPS) is 13.6. The van der Waals surface area contributed by atoms with Crippen LogP contribution in [-0.2, 0) is 0 Å². The highest BCUT2D eigenvalue weighted by molar-refractivity contribution is 7.10. The number of hydrogen-bond acceptors (Lipinski definition) is 2. The molecule has 1 unspecified atom stereocenters. The van der Waals surface area contributed by atoms with Gasteiger partial charge in [0.1, 0.15) is 0 Å². The van der Waals surface area contributed by atoms with E-state index in [1.54, 1.807) is 11.3 Å². The van der Waals surface area contributed by atoms with Crippen LogP contribution < -0.4 is 5.73 Å². The maximum Gasteiger partial charge on any atom is 0.0392 e. The molecule has 0 radical (unpaired) electrons. The summed E-state index contributed by atoms with van der Waals surface area (Å²) in [6.45, 7) is 6.63. The molecule has 0 aromatic carbocycles. The van der Waals surface area contributed by atoms with Gasteiger partial charge < -0.3 is 5.73 Å². The average Bonchev–Trinajstić information content (AvgIpc) is 2.47. The highest BCUT2D eigenvalue weighted by Crippen LogP contribution is 2.26. The third kappa shape index (κ3) is 3.12. The Morgan fingerprint density at radius 1 is 1.38 bits per heavy atom. The smallest absolute Gasteiger partial charge is 0.0392 e. The van der Waals surface area contributed by atoms with Gasteiger partial charge in [-0.15, -0.1) is 11.3 Å². The molecule has 1 heterocycles. The van der Waals surface area contributed by atoms with Crippen molar-refractivity contribution >= 4 is 11.3 Å². The van der Waals surface area contributed by atoms with Crippen molar-refractivity contribution < 1.29 is 0 Å². The summed E-state index contributed by atoms with van der Waals surface area (Å²) in [7, 11) is 0. The van der Waals surface area contributed by atoms with Gasteiger partial charge in [0.25, 0.3) is 0 Å². The van der Waals surface area contributed by atoms with Crippen molar-refractivity contribution in [2.75, 3.05) is 0 Å². The quantitative estimate of drug-likeness (QED) is 0.785. The number of hydrogen-bond donors (Lipinski definition) is 1. The second-order valence-corrected chi connectivity index (χ2v) is 4.99. The van der Waals surface area contributed by atoms with E-state index in [4.69, 9.17) is 5.73 Å². The minimum atomic E-state index is 0.252. The zero-order chi connectivity index (χ0) is 9.84. The van der Waals surface area contributed by atoms with E-state index in [0.717, 1.165) is 12.3 Å². The first kappa shape index (κ1) is 10.7. The van der Waals surface area contributed by atoms with Gasteiger partial charge in [-0.05, 0) is 42.7 Å². The standard InChI is InChI=1S/C11H19NS/c1-8(2)4-5-10(12)11-9(3)6-7-13-11/h6-8,10H,4-5,12H2,1-3H3. The number of aryl methyl sites for hydroxylation is 1. The Morgan fingerprint density at radius 2 is 2.08 bits per heavy atom. The zero-order valence-corrected chi connectivity index (χ0v) is 9.53. The van der Waals surface area contributed by atoms with E-state index in [9.17, 15) is 0 Å². The van der Waals surface area contributed by atoms with Crippen LogP contribution in [0, 0.1) is 12.8 Å².